The molecule has 0 aliphatic carbocycles. The number of hydrogen-bond acceptors (Lipinski definition) is 3. The fraction of sp³-hybridized carbons (Fsp3) is 0.929. The van der Waals surface area contributed by atoms with Crippen LogP contribution in [0, 0.1) is 5.41 Å². The molecule has 0 radical (unpaired) electrons. The van der Waals surface area contributed by atoms with Crippen LogP contribution in [0.25, 0.3) is 0 Å². The minimum absolute atomic E-state index is 0.00293. The van der Waals surface area contributed by atoms with E-state index in [1.54, 1.807) is 0 Å². The maximum absolute atomic E-state index is 12.2. The van der Waals surface area contributed by atoms with Gasteiger partial charge in [0.05, 0.1) is 0 Å². The van der Waals surface area contributed by atoms with E-state index in [-0.39, 0.29) is 23.5 Å². The van der Waals surface area contributed by atoms with Crippen molar-refractivity contribution in [2.45, 2.75) is 59.1 Å². The first-order chi connectivity index (χ1) is 8.38. The number of rotatable bonds is 5. The van der Waals surface area contributed by atoms with Crippen molar-refractivity contribution in [2.24, 2.45) is 11.1 Å². The molecule has 2 N–H and O–H groups in total. The highest BCUT2D eigenvalue weighted by atomic mass is 16.5. The summed E-state index contributed by atoms with van der Waals surface area (Å²) in [5.41, 5.74) is 6.08. The van der Waals surface area contributed by atoms with Crippen molar-refractivity contribution in [3.63, 3.8) is 0 Å². The zero-order chi connectivity index (χ0) is 13.8. The fourth-order valence-corrected chi connectivity index (χ4v) is 2.29. The van der Waals surface area contributed by atoms with E-state index in [4.69, 9.17) is 10.5 Å². The Morgan fingerprint density at radius 2 is 2.22 bits per heavy atom. The number of ether oxygens (including phenoxy) is 1. The van der Waals surface area contributed by atoms with Gasteiger partial charge in [-0.15, -0.1) is 0 Å². The van der Waals surface area contributed by atoms with Gasteiger partial charge in [0.2, 0.25) is 0 Å². The van der Waals surface area contributed by atoms with Crippen molar-refractivity contribution in [1.29, 1.82) is 0 Å². The van der Waals surface area contributed by atoms with E-state index < -0.39 is 0 Å². The van der Waals surface area contributed by atoms with Gasteiger partial charge in [-0.25, -0.2) is 0 Å². The lowest BCUT2D eigenvalue weighted by atomic mass is 9.79. The van der Waals surface area contributed by atoms with Crippen molar-refractivity contribution in [3.8, 4) is 0 Å². The molecule has 1 rings (SSSR count). The topological polar surface area (TPSA) is 55.6 Å². The lowest BCUT2D eigenvalue weighted by Gasteiger charge is -2.43. The van der Waals surface area contributed by atoms with Crippen LogP contribution in [0.5, 0.6) is 0 Å². The predicted molar refractivity (Wildman–Crippen MR) is 73.3 cm³/mol. The molecule has 2 atom stereocenters. The maximum Gasteiger partial charge on any atom is 0.251 e. The Hall–Kier alpha value is -0.610. The second-order valence-electron chi connectivity index (χ2n) is 6.01. The van der Waals surface area contributed by atoms with Crippen molar-refractivity contribution in [2.75, 3.05) is 19.7 Å². The predicted octanol–water partition coefficient (Wildman–Crippen LogP) is 1.78. The average molecular weight is 256 g/mol. The molecule has 1 aliphatic rings. The van der Waals surface area contributed by atoms with Crippen molar-refractivity contribution in [1.82, 2.24) is 4.90 Å². The molecule has 0 aromatic rings. The highest BCUT2D eigenvalue weighted by Gasteiger charge is 2.36. The number of carbonyl (C=O) groups excluding carboxylic acids is 1. The number of unbranched alkanes of at least 4 members (excludes halogenated alkanes) is 1. The number of piperidine rings is 1. The molecule has 1 heterocycles. The molecule has 2 unspecified atom stereocenters. The van der Waals surface area contributed by atoms with Crippen LogP contribution in [-0.2, 0) is 9.53 Å². The Balaban J connectivity index is 2.46. The molecule has 1 fully saturated rings. The van der Waals surface area contributed by atoms with Crippen molar-refractivity contribution in [3.05, 3.63) is 0 Å². The molecule has 0 spiro atoms. The van der Waals surface area contributed by atoms with Gasteiger partial charge in [-0.3, -0.25) is 4.79 Å². The van der Waals surface area contributed by atoms with Crippen LogP contribution in [0.1, 0.15) is 47.0 Å². The molecule has 0 aromatic heterocycles. The number of likely N-dealkylation sites (tertiary alicyclic amines) is 1. The Morgan fingerprint density at radius 3 is 2.78 bits per heavy atom. The van der Waals surface area contributed by atoms with Crippen LogP contribution in [0.2, 0.25) is 0 Å². The minimum atomic E-state index is -0.332. The first-order valence-corrected chi connectivity index (χ1v) is 7.04. The molecule has 0 aromatic carbocycles. The van der Waals surface area contributed by atoms with Crippen LogP contribution in [0.3, 0.4) is 0 Å². The highest BCUT2D eigenvalue weighted by Crippen LogP contribution is 2.28. The molecular formula is C14H28N2O2. The molecule has 0 saturated carbocycles. The van der Waals surface area contributed by atoms with E-state index in [0.717, 1.165) is 32.4 Å². The van der Waals surface area contributed by atoms with Gasteiger partial charge >= 0.3 is 0 Å². The molecule has 1 saturated heterocycles. The molecular weight excluding hydrogens is 228 g/mol. The summed E-state index contributed by atoms with van der Waals surface area (Å²) in [5.74, 6) is 0.103. The summed E-state index contributed by atoms with van der Waals surface area (Å²) in [6, 6.07) is 0.179. The van der Waals surface area contributed by atoms with E-state index in [1.807, 2.05) is 11.8 Å². The van der Waals surface area contributed by atoms with E-state index in [2.05, 4.69) is 20.8 Å². The van der Waals surface area contributed by atoms with Gasteiger partial charge in [-0.2, -0.15) is 0 Å². The lowest BCUT2D eigenvalue weighted by Crippen LogP contribution is -2.55. The van der Waals surface area contributed by atoms with E-state index in [9.17, 15) is 4.79 Å². The normalized spacial score (nSPS) is 24.9. The monoisotopic (exact) mass is 256 g/mol. The summed E-state index contributed by atoms with van der Waals surface area (Å²) in [6.45, 7) is 10.4. The zero-order valence-electron chi connectivity index (χ0n) is 12.2. The molecule has 106 valence electrons. The third-order valence-corrected chi connectivity index (χ3v) is 3.84. The molecule has 1 aliphatic heterocycles. The fourth-order valence-electron chi connectivity index (χ4n) is 2.29. The number of carbonyl (C=O) groups is 1. The van der Waals surface area contributed by atoms with Gasteiger partial charge in [-0.1, -0.05) is 27.2 Å². The van der Waals surface area contributed by atoms with Gasteiger partial charge < -0.3 is 15.4 Å². The van der Waals surface area contributed by atoms with Crippen molar-refractivity contribution >= 4 is 5.91 Å². The molecule has 18 heavy (non-hydrogen) atoms. The third kappa shape index (κ3) is 3.95. The van der Waals surface area contributed by atoms with E-state index in [0.29, 0.717) is 6.61 Å². The number of hydrogen-bond donors (Lipinski definition) is 1. The van der Waals surface area contributed by atoms with E-state index >= 15 is 0 Å². The van der Waals surface area contributed by atoms with Gasteiger partial charge in [-0.05, 0) is 25.2 Å². The molecule has 0 bridgehead atoms. The van der Waals surface area contributed by atoms with Gasteiger partial charge in [0.1, 0.15) is 6.10 Å². The standard InChI is InChI=1S/C14H28N2O2/c1-5-6-9-18-11(2)13(17)16-8-7-12(15)14(3,4)10-16/h11-12H,5-10,15H2,1-4H3. The van der Waals surface area contributed by atoms with Gasteiger partial charge in [0.15, 0.2) is 0 Å². The highest BCUT2D eigenvalue weighted by molar-refractivity contribution is 5.80. The number of nitrogens with two attached hydrogens (primary N) is 1. The van der Waals surface area contributed by atoms with Crippen molar-refractivity contribution < 1.29 is 9.53 Å². The Labute approximate surface area is 111 Å². The average Bonchev–Trinajstić information content (AvgIpc) is 2.32. The maximum atomic E-state index is 12.2. The second-order valence-corrected chi connectivity index (χ2v) is 6.01. The second kappa shape index (κ2) is 6.53. The molecule has 4 nitrogen and oxygen atoms in total. The van der Waals surface area contributed by atoms with Gasteiger partial charge in [0, 0.05) is 25.7 Å². The van der Waals surface area contributed by atoms with Crippen LogP contribution in [0.15, 0.2) is 0 Å². The Morgan fingerprint density at radius 1 is 1.56 bits per heavy atom. The zero-order valence-corrected chi connectivity index (χ0v) is 12.2. The lowest BCUT2D eigenvalue weighted by molar-refractivity contribution is -0.146. The Bertz CT molecular complexity index is 279. The molecule has 1 amide bonds. The summed E-state index contributed by atoms with van der Waals surface area (Å²) >= 11 is 0. The number of nitrogens with zero attached hydrogens (tertiary/aromatic N) is 1. The summed E-state index contributed by atoms with van der Waals surface area (Å²) in [6.07, 6.45) is 2.64. The number of amides is 1. The van der Waals surface area contributed by atoms with Crippen LogP contribution >= 0.6 is 0 Å². The first kappa shape index (κ1) is 15.4. The first-order valence-electron chi connectivity index (χ1n) is 7.04. The molecule has 4 heteroatoms. The summed E-state index contributed by atoms with van der Waals surface area (Å²) in [5, 5.41) is 0. The largest absolute Gasteiger partial charge is 0.369 e. The summed E-state index contributed by atoms with van der Waals surface area (Å²) in [7, 11) is 0. The van der Waals surface area contributed by atoms with Gasteiger partial charge in [0.25, 0.3) is 5.91 Å². The van der Waals surface area contributed by atoms with Crippen LogP contribution < -0.4 is 5.73 Å². The summed E-state index contributed by atoms with van der Waals surface area (Å²) < 4.78 is 5.57. The Kier molecular flexibility index (Phi) is 5.60. The van der Waals surface area contributed by atoms with E-state index in [1.165, 1.54) is 0 Å². The third-order valence-electron chi connectivity index (χ3n) is 3.84. The van der Waals surface area contributed by atoms with Crippen LogP contribution in [0.4, 0.5) is 0 Å². The summed E-state index contributed by atoms with van der Waals surface area (Å²) in [4.78, 5) is 14.1. The van der Waals surface area contributed by atoms with Crippen LogP contribution in [-0.4, -0.2) is 42.6 Å². The smallest absolute Gasteiger partial charge is 0.251 e. The minimum Gasteiger partial charge on any atom is -0.369 e. The SMILES string of the molecule is CCCCOC(C)C(=O)N1CCC(N)C(C)(C)C1. The quantitative estimate of drug-likeness (QED) is 0.763.